The van der Waals surface area contributed by atoms with Crippen molar-refractivity contribution >= 4 is 35.2 Å². The quantitative estimate of drug-likeness (QED) is 0.304. The highest BCUT2D eigenvalue weighted by molar-refractivity contribution is 5.92. The van der Waals surface area contributed by atoms with E-state index in [9.17, 15) is 14.4 Å². The maximum atomic E-state index is 13.0. The summed E-state index contributed by atoms with van der Waals surface area (Å²) in [4.78, 5) is 38.7. The minimum Gasteiger partial charge on any atom is -0.444 e. The number of allylic oxidation sites excluding steroid dienone is 1. The first-order valence-corrected chi connectivity index (χ1v) is 13.7. The Bertz CT molecular complexity index is 1610. The molecule has 3 aliphatic heterocycles. The number of aromatic nitrogens is 1. The number of anilines is 1. The molecule has 3 aliphatic rings. The highest BCUT2D eigenvalue weighted by Gasteiger charge is 2.36. The van der Waals surface area contributed by atoms with Crippen molar-refractivity contribution in [1.29, 1.82) is 0 Å². The molecule has 4 heterocycles. The number of aldehydes is 1. The van der Waals surface area contributed by atoms with Crippen molar-refractivity contribution in [1.82, 2.24) is 9.47 Å². The zero-order valence-corrected chi connectivity index (χ0v) is 22.1. The number of hydrogen-bond acceptors (Lipinski definition) is 6. The Morgan fingerprint density at radius 2 is 1.88 bits per heavy atom. The van der Waals surface area contributed by atoms with Crippen LogP contribution < -0.4 is 11.1 Å². The number of oxazole rings is 1. The Morgan fingerprint density at radius 1 is 1.05 bits per heavy atom. The van der Waals surface area contributed by atoms with Gasteiger partial charge in [0.25, 0.3) is 0 Å². The molecule has 4 aromatic rings. The molecule has 7 rings (SSSR count). The van der Waals surface area contributed by atoms with Gasteiger partial charge in [0.05, 0.1) is 11.2 Å². The highest BCUT2D eigenvalue weighted by atomic mass is 16.6. The van der Waals surface area contributed by atoms with Crippen LogP contribution in [0.1, 0.15) is 24.0 Å². The number of ether oxygens (including phenoxy) is 1. The molecule has 0 aliphatic carbocycles. The summed E-state index contributed by atoms with van der Waals surface area (Å²) in [6.07, 6.45) is 6.50. The molecule has 0 unspecified atom stereocenters. The van der Waals surface area contributed by atoms with Gasteiger partial charge in [-0.1, -0.05) is 60.7 Å². The highest BCUT2D eigenvalue weighted by Crippen LogP contribution is 2.32. The van der Waals surface area contributed by atoms with Crippen molar-refractivity contribution in [2.75, 3.05) is 25.0 Å². The van der Waals surface area contributed by atoms with Gasteiger partial charge in [0.15, 0.2) is 5.58 Å². The van der Waals surface area contributed by atoms with Gasteiger partial charge in [-0.15, -0.1) is 0 Å². The molecule has 3 saturated heterocycles. The predicted molar refractivity (Wildman–Crippen MR) is 154 cm³/mol. The lowest BCUT2D eigenvalue weighted by Gasteiger charge is -2.43. The van der Waals surface area contributed by atoms with Gasteiger partial charge in [0.2, 0.25) is 0 Å². The van der Waals surface area contributed by atoms with E-state index in [-0.39, 0.29) is 12.5 Å². The lowest BCUT2D eigenvalue weighted by molar-refractivity contribution is -0.107. The molecule has 40 heavy (non-hydrogen) atoms. The molecule has 1 amide bonds. The number of piperidine rings is 3. The van der Waals surface area contributed by atoms with Crippen LogP contribution in [-0.4, -0.2) is 47.6 Å². The Hall–Kier alpha value is -4.43. The minimum absolute atomic E-state index is 0.0802. The lowest BCUT2D eigenvalue weighted by Crippen LogP contribution is -2.52. The SMILES string of the molecule is O=CCc1ccc2c(c1)oc(=O)n2C/C=C/c1ccc(-c2ccccc2)c(NC(=O)O[C@H]2CN3CCC2CC3)c1. The third-order valence-electron chi connectivity index (χ3n) is 7.87. The van der Waals surface area contributed by atoms with Crippen LogP contribution in [0.2, 0.25) is 0 Å². The van der Waals surface area contributed by atoms with E-state index in [4.69, 9.17) is 9.15 Å². The van der Waals surface area contributed by atoms with E-state index in [0.29, 0.717) is 29.2 Å². The molecule has 3 aromatic carbocycles. The number of rotatable bonds is 8. The number of hydrogen-bond donors (Lipinski definition) is 1. The van der Waals surface area contributed by atoms with Gasteiger partial charge in [-0.05, 0) is 66.7 Å². The summed E-state index contributed by atoms with van der Waals surface area (Å²) in [5.41, 5.74) is 5.33. The van der Waals surface area contributed by atoms with Crippen molar-refractivity contribution in [2.45, 2.75) is 31.9 Å². The van der Waals surface area contributed by atoms with Crippen molar-refractivity contribution < 1.29 is 18.7 Å². The van der Waals surface area contributed by atoms with E-state index >= 15 is 0 Å². The number of amides is 1. The fourth-order valence-electron chi connectivity index (χ4n) is 5.76. The number of carbonyl (C=O) groups is 2. The number of benzene rings is 3. The second-order valence-corrected chi connectivity index (χ2v) is 10.4. The second-order valence-electron chi connectivity index (χ2n) is 10.4. The fourth-order valence-corrected chi connectivity index (χ4v) is 5.76. The smallest absolute Gasteiger partial charge is 0.420 e. The second kappa shape index (κ2) is 11.4. The zero-order chi connectivity index (χ0) is 27.5. The summed E-state index contributed by atoms with van der Waals surface area (Å²) in [5.74, 6) is -0.0298. The van der Waals surface area contributed by atoms with Crippen LogP contribution >= 0.6 is 0 Å². The predicted octanol–water partition coefficient (Wildman–Crippen LogP) is 5.36. The first-order valence-electron chi connectivity index (χ1n) is 13.7. The number of carbonyl (C=O) groups excluding carboxylic acids is 2. The van der Waals surface area contributed by atoms with Gasteiger partial charge in [-0.2, -0.15) is 0 Å². The minimum atomic E-state index is -0.458. The van der Waals surface area contributed by atoms with E-state index < -0.39 is 11.8 Å². The zero-order valence-electron chi connectivity index (χ0n) is 22.1. The van der Waals surface area contributed by atoms with Crippen molar-refractivity contribution in [3.63, 3.8) is 0 Å². The van der Waals surface area contributed by atoms with Gasteiger partial charge < -0.3 is 13.9 Å². The molecule has 8 heteroatoms. The molecular weight excluding hydrogens is 506 g/mol. The van der Waals surface area contributed by atoms with Crippen LogP contribution in [0.15, 0.2) is 82.0 Å². The molecule has 0 radical (unpaired) electrons. The Balaban J connectivity index is 1.21. The van der Waals surface area contributed by atoms with E-state index in [1.54, 1.807) is 16.7 Å². The van der Waals surface area contributed by atoms with Crippen molar-refractivity contribution in [3.05, 3.63) is 94.5 Å². The largest absolute Gasteiger partial charge is 0.444 e. The Morgan fingerprint density at radius 3 is 2.62 bits per heavy atom. The first kappa shape index (κ1) is 25.8. The number of nitrogens with zero attached hydrogens (tertiary/aromatic N) is 2. The topological polar surface area (TPSA) is 93.8 Å². The van der Waals surface area contributed by atoms with Crippen LogP contribution in [-0.2, 0) is 22.5 Å². The molecule has 3 fully saturated rings. The number of fused-ring (bicyclic) bond motifs is 4. The van der Waals surface area contributed by atoms with Crippen LogP contribution in [0, 0.1) is 5.92 Å². The van der Waals surface area contributed by atoms with Gasteiger partial charge in [-0.3, -0.25) is 14.8 Å². The standard InChI is InChI=1S/C32H31N3O5/c36-18-14-23-9-11-28-29(20-23)40-32(38)35(28)15-4-5-22-8-10-26(24-6-2-1-3-7-24)27(19-22)33-31(37)39-30-21-34-16-12-25(30)13-17-34/h1-11,18-20,25,30H,12-17,21H2,(H,33,37)/b5-4+/t30-/m0/s1. The maximum Gasteiger partial charge on any atom is 0.420 e. The summed E-state index contributed by atoms with van der Waals surface area (Å²) >= 11 is 0. The molecule has 0 spiro atoms. The van der Waals surface area contributed by atoms with Crippen LogP contribution in [0.4, 0.5) is 10.5 Å². The van der Waals surface area contributed by atoms with E-state index in [1.165, 1.54) is 0 Å². The Kier molecular flexibility index (Phi) is 7.33. The summed E-state index contributed by atoms with van der Waals surface area (Å²) in [5, 5.41) is 3.00. The molecule has 8 nitrogen and oxygen atoms in total. The average Bonchev–Trinajstić information content (AvgIpc) is 3.28. The molecule has 2 bridgehead atoms. The molecule has 1 atom stereocenters. The third kappa shape index (κ3) is 5.49. The summed E-state index contributed by atoms with van der Waals surface area (Å²) in [6.45, 7) is 3.28. The van der Waals surface area contributed by atoms with Crippen molar-refractivity contribution in [2.24, 2.45) is 5.92 Å². The third-order valence-corrected chi connectivity index (χ3v) is 7.87. The molecular formula is C32H31N3O5. The van der Waals surface area contributed by atoms with E-state index in [2.05, 4.69) is 10.2 Å². The monoisotopic (exact) mass is 537 g/mol. The first-order chi connectivity index (χ1) is 19.6. The van der Waals surface area contributed by atoms with E-state index in [1.807, 2.05) is 66.7 Å². The maximum absolute atomic E-state index is 13.0. The number of nitrogens with one attached hydrogen (secondary N) is 1. The molecule has 204 valence electrons. The molecule has 1 aromatic heterocycles. The van der Waals surface area contributed by atoms with E-state index in [0.717, 1.165) is 61.0 Å². The molecule has 1 N–H and O–H groups in total. The fraction of sp³-hybridized carbons (Fsp3) is 0.281. The van der Waals surface area contributed by atoms with Crippen LogP contribution in [0.3, 0.4) is 0 Å². The average molecular weight is 538 g/mol. The van der Waals surface area contributed by atoms with Gasteiger partial charge >= 0.3 is 11.8 Å². The summed E-state index contributed by atoms with van der Waals surface area (Å²) in [6, 6.07) is 21.1. The normalized spacial score (nSPS) is 20.1. The lowest BCUT2D eigenvalue weighted by atomic mass is 9.86. The van der Waals surface area contributed by atoms with Crippen molar-refractivity contribution in [3.8, 4) is 11.1 Å². The van der Waals surface area contributed by atoms with Gasteiger partial charge in [0, 0.05) is 25.1 Å². The molecule has 0 saturated carbocycles. The van der Waals surface area contributed by atoms with Gasteiger partial charge in [0.1, 0.15) is 12.4 Å². The van der Waals surface area contributed by atoms with Crippen LogP contribution in [0.5, 0.6) is 0 Å². The van der Waals surface area contributed by atoms with Crippen LogP contribution in [0.25, 0.3) is 28.3 Å². The van der Waals surface area contributed by atoms with Gasteiger partial charge in [-0.25, -0.2) is 9.59 Å². The summed E-state index contributed by atoms with van der Waals surface area (Å²) in [7, 11) is 0. The summed E-state index contributed by atoms with van der Waals surface area (Å²) < 4.78 is 12.8. The Labute approximate surface area is 231 Å².